The van der Waals surface area contributed by atoms with E-state index in [0.717, 1.165) is 17.6 Å². The SMILES string of the molecule is C=C(C)C(=O)OCC[N+](C)(C)CCCCCCCCCCCCCCCCCCCCCC. The van der Waals surface area contributed by atoms with Crippen LogP contribution in [0.1, 0.15) is 142 Å². The molecule has 0 saturated carbocycles. The van der Waals surface area contributed by atoms with Crippen molar-refractivity contribution in [2.75, 3.05) is 33.8 Å². The lowest BCUT2D eigenvalue weighted by molar-refractivity contribution is -0.890. The molecule has 0 aliphatic heterocycles. The smallest absolute Gasteiger partial charge is 0.333 e. The monoisotopic (exact) mass is 466 g/mol. The van der Waals surface area contributed by atoms with Gasteiger partial charge in [-0.15, -0.1) is 0 Å². The van der Waals surface area contributed by atoms with Gasteiger partial charge in [0.1, 0.15) is 13.2 Å². The van der Waals surface area contributed by atoms with Crippen LogP contribution in [0, 0.1) is 0 Å². The van der Waals surface area contributed by atoms with Crippen LogP contribution in [0.4, 0.5) is 0 Å². The average Bonchev–Trinajstić information content (AvgIpc) is 2.77. The zero-order valence-corrected chi connectivity index (χ0v) is 23.2. The van der Waals surface area contributed by atoms with Crippen molar-refractivity contribution >= 4 is 5.97 Å². The van der Waals surface area contributed by atoms with E-state index in [1.54, 1.807) is 6.92 Å². The summed E-state index contributed by atoms with van der Waals surface area (Å²) in [5.74, 6) is -0.270. The zero-order chi connectivity index (χ0) is 24.6. The van der Waals surface area contributed by atoms with Crippen molar-refractivity contribution in [2.45, 2.75) is 142 Å². The van der Waals surface area contributed by atoms with Crippen LogP contribution in [0.2, 0.25) is 0 Å². The molecule has 0 aliphatic carbocycles. The Kier molecular flexibility index (Phi) is 22.4. The summed E-state index contributed by atoms with van der Waals surface area (Å²) in [5, 5.41) is 0. The summed E-state index contributed by atoms with van der Waals surface area (Å²) in [5.41, 5.74) is 0.481. The molecule has 0 saturated heterocycles. The summed E-state index contributed by atoms with van der Waals surface area (Å²) in [6.45, 7) is 10.1. The molecule has 33 heavy (non-hydrogen) atoms. The predicted octanol–water partition coefficient (Wildman–Crippen LogP) is 9.00. The van der Waals surface area contributed by atoms with Crippen LogP contribution in [0.15, 0.2) is 12.2 Å². The Balaban J connectivity index is 3.27. The van der Waals surface area contributed by atoms with Crippen LogP contribution >= 0.6 is 0 Å². The van der Waals surface area contributed by atoms with E-state index in [4.69, 9.17) is 4.74 Å². The fourth-order valence-corrected chi connectivity index (χ4v) is 4.42. The van der Waals surface area contributed by atoms with Crippen molar-refractivity contribution in [3.8, 4) is 0 Å². The van der Waals surface area contributed by atoms with Crippen molar-refractivity contribution < 1.29 is 14.0 Å². The number of unbranched alkanes of at least 4 members (excludes halogenated alkanes) is 19. The Labute approximate surface area is 208 Å². The van der Waals surface area contributed by atoms with E-state index in [0.29, 0.717) is 12.2 Å². The highest BCUT2D eigenvalue weighted by molar-refractivity contribution is 5.86. The van der Waals surface area contributed by atoms with Gasteiger partial charge in [-0.1, -0.05) is 129 Å². The number of esters is 1. The highest BCUT2D eigenvalue weighted by Crippen LogP contribution is 2.15. The van der Waals surface area contributed by atoms with Gasteiger partial charge in [-0.3, -0.25) is 0 Å². The number of carbonyl (C=O) groups is 1. The predicted molar refractivity (Wildman–Crippen MR) is 146 cm³/mol. The fourth-order valence-electron chi connectivity index (χ4n) is 4.42. The third-order valence-corrected chi connectivity index (χ3v) is 6.90. The molecule has 0 heterocycles. The normalized spacial score (nSPS) is 11.6. The summed E-state index contributed by atoms with van der Waals surface area (Å²) in [7, 11) is 4.45. The lowest BCUT2D eigenvalue weighted by Crippen LogP contribution is -2.43. The summed E-state index contributed by atoms with van der Waals surface area (Å²) < 4.78 is 6.15. The maximum Gasteiger partial charge on any atom is 0.333 e. The summed E-state index contributed by atoms with van der Waals surface area (Å²) in [4.78, 5) is 11.4. The highest BCUT2D eigenvalue weighted by atomic mass is 16.5. The molecule has 0 atom stereocenters. The molecule has 0 aliphatic rings. The number of rotatable bonds is 25. The first-order valence-electron chi connectivity index (χ1n) is 14.5. The molecule has 0 rings (SSSR count). The molecular weight excluding hydrogens is 406 g/mol. The van der Waals surface area contributed by atoms with Gasteiger partial charge >= 0.3 is 5.97 Å². The van der Waals surface area contributed by atoms with Gasteiger partial charge in [0.05, 0.1) is 20.6 Å². The number of hydrogen-bond acceptors (Lipinski definition) is 2. The number of carbonyl (C=O) groups excluding carboxylic acids is 1. The van der Waals surface area contributed by atoms with Gasteiger partial charge in [-0.05, 0) is 19.8 Å². The minimum atomic E-state index is -0.270. The van der Waals surface area contributed by atoms with E-state index in [2.05, 4.69) is 27.6 Å². The van der Waals surface area contributed by atoms with Gasteiger partial charge < -0.3 is 9.22 Å². The van der Waals surface area contributed by atoms with E-state index in [9.17, 15) is 4.79 Å². The van der Waals surface area contributed by atoms with Crippen LogP contribution in [0.5, 0.6) is 0 Å². The number of likely N-dealkylation sites (N-methyl/N-ethyl adjacent to an activating group) is 1. The first-order valence-corrected chi connectivity index (χ1v) is 14.5. The Morgan fingerprint density at radius 1 is 0.606 bits per heavy atom. The molecule has 0 unspecified atom stereocenters. The van der Waals surface area contributed by atoms with Crippen LogP contribution < -0.4 is 0 Å². The molecule has 0 spiro atoms. The van der Waals surface area contributed by atoms with E-state index in [-0.39, 0.29) is 5.97 Å². The van der Waals surface area contributed by atoms with E-state index < -0.39 is 0 Å². The number of hydrogen-bond donors (Lipinski definition) is 0. The standard InChI is InChI=1S/C30H60NO2/c1-6-7-8-9-10-11-12-13-14-15-16-17-18-19-20-21-22-23-24-25-26-31(4,5)27-28-33-30(32)29(2)3/h2,6-28H2,1,3-5H3/q+1. The summed E-state index contributed by atoms with van der Waals surface area (Å²) in [6.07, 6.45) is 28.4. The third-order valence-electron chi connectivity index (χ3n) is 6.90. The lowest BCUT2D eigenvalue weighted by Gasteiger charge is -2.29. The third kappa shape index (κ3) is 24.1. The molecule has 0 bridgehead atoms. The average molecular weight is 467 g/mol. The van der Waals surface area contributed by atoms with Crippen molar-refractivity contribution in [3.63, 3.8) is 0 Å². The van der Waals surface area contributed by atoms with Crippen molar-refractivity contribution in [1.29, 1.82) is 0 Å². The molecule has 0 aromatic carbocycles. The molecule has 196 valence electrons. The topological polar surface area (TPSA) is 26.3 Å². The van der Waals surface area contributed by atoms with Crippen LogP contribution in [-0.4, -0.2) is 44.2 Å². The highest BCUT2D eigenvalue weighted by Gasteiger charge is 2.15. The molecule has 0 aromatic heterocycles. The van der Waals surface area contributed by atoms with E-state index in [1.807, 2.05) is 0 Å². The second-order valence-corrected chi connectivity index (χ2v) is 11.0. The van der Waals surface area contributed by atoms with Crippen molar-refractivity contribution in [2.24, 2.45) is 0 Å². The van der Waals surface area contributed by atoms with Gasteiger partial charge in [0.2, 0.25) is 0 Å². The molecular formula is C30H60NO2+. The van der Waals surface area contributed by atoms with Crippen LogP contribution in [-0.2, 0) is 9.53 Å². The Bertz CT molecular complexity index is 458. The first kappa shape index (κ1) is 32.2. The lowest BCUT2D eigenvalue weighted by atomic mass is 10.0. The number of nitrogens with zero attached hydrogens (tertiary/aromatic N) is 1. The summed E-state index contributed by atoms with van der Waals surface area (Å²) in [6, 6.07) is 0. The van der Waals surface area contributed by atoms with Crippen molar-refractivity contribution in [3.05, 3.63) is 12.2 Å². The Morgan fingerprint density at radius 2 is 0.939 bits per heavy atom. The zero-order valence-electron chi connectivity index (χ0n) is 23.2. The molecule has 0 radical (unpaired) electrons. The van der Waals surface area contributed by atoms with Crippen LogP contribution in [0.3, 0.4) is 0 Å². The first-order chi connectivity index (χ1) is 15.9. The molecule has 0 amide bonds. The largest absolute Gasteiger partial charge is 0.456 e. The molecule has 3 nitrogen and oxygen atoms in total. The summed E-state index contributed by atoms with van der Waals surface area (Å²) >= 11 is 0. The minimum Gasteiger partial charge on any atom is -0.456 e. The number of quaternary nitrogens is 1. The van der Waals surface area contributed by atoms with Gasteiger partial charge in [-0.2, -0.15) is 0 Å². The number of ether oxygens (including phenoxy) is 1. The fraction of sp³-hybridized carbons (Fsp3) is 0.900. The van der Waals surface area contributed by atoms with Crippen molar-refractivity contribution in [1.82, 2.24) is 0 Å². The molecule has 3 heteroatoms. The quantitative estimate of drug-likeness (QED) is 0.0580. The van der Waals surface area contributed by atoms with E-state index in [1.165, 1.54) is 128 Å². The van der Waals surface area contributed by atoms with E-state index >= 15 is 0 Å². The van der Waals surface area contributed by atoms with Gasteiger partial charge in [0, 0.05) is 5.57 Å². The minimum absolute atomic E-state index is 0.270. The van der Waals surface area contributed by atoms with Gasteiger partial charge in [0.15, 0.2) is 0 Å². The van der Waals surface area contributed by atoms with Gasteiger partial charge in [0.25, 0.3) is 0 Å². The second kappa shape index (κ2) is 22.9. The molecule has 0 aromatic rings. The Morgan fingerprint density at radius 3 is 1.27 bits per heavy atom. The maximum absolute atomic E-state index is 11.4. The Hall–Kier alpha value is -0.830. The molecule has 0 fully saturated rings. The van der Waals surface area contributed by atoms with Gasteiger partial charge in [-0.25, -0.2) is 4.79 Å². The van der Waals surface area contributed by atoms with Crippen LogP contribution in [0.25, 0.3) is 0 Å². The molecule has 0 N–H and O–H groups in total. The maximum atomic E-state index is 11.4. The second-order valence-electron chi connectivity index (χ2n) is 11.0.